The van der Waals surface area contributed by atoms with Gasteiger partial charge in [0.25, 0.3) is 0 Å². The summed E-state index contributed by atoms with van der Waals surface area (Å²) in [6.45, 7) is 7.98. The van der Waals surface area contributed by atoms with Gasteiger partial charge in [0.15, 0.2) is 0 Å². The molecule has 2 heterocycles. The van der Waals surface area contributed by atoms with Crippen LogP contribution in [-0.4, -0.2) is 36.1 Å². The number of rotatable bonds is 2. The number of aromatic nitrogens is 1. The van der Waals surface area contributed by atoms with Crippen LogP contribution < -0.4 is 5.73 Å². The van der Waals surface area contributed by atoms with Gasteiger partial charge in [-0.3, -0.25) is 4.90 Å². The summed E-state index contributed by atoms with van der Waals surface area (Å²) in [5.41, 5.74) is 5.74. The maximum Gasteiger partial charge on any atom is 0.137 e. The van der Waals surface area contributed by atoms with Crippen molar-refractivity contribution in [1.82, 2.24) is 9.88 Å². The predicted octanol–water partition coefficient (Wildman–Crippen LogP) is 1.43. The fourth-order valence-electron chi connectivity index (χ4n) is 1.71. The van der Waals surface area contributed by atoms with Gasteiger partial charge in [0.1, 0.15) is 16.9 Å². The zero-order valence-corrected chi connectivity index (χ0v) is 10.0. The highest BCUT2D eigenvalue weighted by Crippen LogP contribution is 2.29. The molecule has 0 bridgehead atoms. The Balaban J connectivity index is 2.09. The summed E-state index contributed by atoms with van der Waals surface area (Å²) in [6.07, 6.45) is 0.111. The quantitative estimate of drug-likeness (QED) is 0.830. The molecule has 1 unspecified atom stereocenters. The number of anilines is 1. The molecule has 4 nitrogen and oxygen atoms in total. The van der Waals surface area contributed by atoms with E-state index in [0.717, 1.165) is 36.1 Å². The van der Waals surface area contributed by atoms with E-state index < -0.39 is 0 Å². The number of hydrogen-bond donors (Lipinski definition) is 1. The summed E-state index contributed by atoms with van der Waals surface area (Å²) in [5, 5.41) is 1.02. The monoisotopic (exact) mass is 227 g/mol. The molecule has 1 aliphatic rings. The third-order valence-corrected chi connectivity index (χ3v) is 3.80. The average molecular weight is 227 g/mol. The van der Waals surface area contributed by atoms with Crippen LogP contribution in [0.25, 0.3) is 0 Å². The predicted molar refractivity (Wildman–Crippen MR) is 62.1 cm³/mol. The fourth-order valence-corrected chi connectivity index (χ4v) is 2.59. The van der Waals surface area contributed by atoms with Gasteiger partial charge in [0.05, 0.1) is 6.61 Å². The first kappa shape index (κ1) is 10.9. The second-order valence-corrected chi connectivity index (χ2v) is 4.98. The first-order valence-electron chi connectivity index (χ1n) is 5.27. The lowest BCUT2D eigenvalue weighted by Crippen LogP contribution is -2.38. The Labute approximate surface area is 94.1 Å². The van der Waals surface area contributed by atoms with E-state index in [1.807, 2.05) is 6.92 Å². The van der Waals surface area contributed by atoms with E-state index in [9.17, 15) is 0 Å². The largest absolute Gasteiger partial charge is 0.383 e. The number of aryl methyl sites for hydroxylation is 1. The molecule has 1 atom stereocenters. The van der Waals surface area contributed by atoms with E-state index in [0.29, 0.717) is 5.82 Å². The van der Waals surface area contributed by atoms with Gasteiger partial charge in [-0.2, -0.15) is 0 Å². The van der Waals surface area contributed by atoms with Crippen LogP contribution in [0.4, 0.5) is 5.82 Å². The molecule has 1 saturated heterocycles. The van der Waals surface area contributed by atoms with Crippen molar-refractivity contribution in [3.8, 4) is 0 Å². The summed E-state index contributed by atoms with van der Waals surface area (Å²) in [4.78, 5) is 7.81. The fraction of sp³-hybridized carbons (Fsp3) is 0.700. The minimum absolute atomic E-state index is 0.111. The van der Waals surface area contributed by atoms with Gasteiger partial charge in [-0.15, -0.1) is 11.3 Å². The highest BCUT2D eigenvalue weighted by molar-refractivity contribution is 7.12. The normalized spacial score (nSPS) is 23.2. The third kappa shape index (κ3) is 2.30. The van der Waals surface area contributed by atoms with E-state index >= 15 is 0 Å². The van der Waals surface area contributed by atoms with Crippen molar-refractivity contribution >= 4 is 17.2 Å². The molecule has 2 N–H and O–H groups in total. The lowest BCUT2D eigenvalue weighted by Gasteiger charge is -2.30. The van der Waals surface area contributed by atoms with Gasteiger partial charge >= 0.3 is 0 Å². The number of hydrogen-bond acceptors (Lipinski definition) is 5. The van der Waals surface area contributed by atoms with Crippen LogP contribution in [0, 0.1) is 6.92 Å². The van der Waals surface area contributed by atoms with Crippen LogP contribution in [0.3, 0.4) is 0 Å². The van der Waals surface area contributed by atoms with E-state index in [2.05, 4.69) is 16.8 Å². The van der Waals surface area contributed by atoms with Crippen LogP contribution in [0.15, 0.2) is 0 Å². The van der Waals surface area contributed by atoms with Crippen molar-refractivity contribution in [1.29, 1.82) is 0 Å². The van der Waals surface area contributed by atoms with E-state index in [-0.39, 0.29) is 6.10 Å². The molecule has 1 aromatic heterocycles. The minimum atomic E-state index is 0.111. The molecule has 84 valence electrons. The Morgan fingerprint density at radius 2 is 2.47 bits per heavy atom. The topological polar surface area (TPSA) is 51.4 Å². The minimum Gasteiger partial charge on any atom is -0.383 e. The summed E-state index contributed by atoms with van der Waals surface area (Å²) in [7, 11) is 0. The Hall–Kier alpha value is -0.650. The van der Waals surface area contributed by atoms with Crippen LogP contribution >= 0.6 is 11.3 Å². The molecule has 0 aliphatic carbocycles. The van der Waals surface area contributed by atoms with Gasteiger partial charge in [-0.1, -0.05) is 6.92 Å². The van der Waals surface area contributed by atoms with E-state index in [1.165, 1.54) is 0 Å². The molecule has 2 rings (SSSR count). The Morgan fingerprint density at radius 3 is 3.07 bits per heavy atom. The highest BCUT2D eigenvalue weighted by atomic mass is 32.1. The molecule has 1 fully saturated rings. The second-order valence-electron chi connectivity index (χ2n) is 3.75. The molecule has 0 aromatic carbocycles. The lowest BCUT2D eigenvalue weighted by atomic mass is 10.3. The number of nitrogens with zero attached hydrogens (tertiary/aromatic N) is 2. The number of ether oxygens (including phenoxy) is 1. The smallest absolute Gasteiger partial charge is 0.137 e. The number of nitrogen functional groups attached to an aromatic ring is 1. The van der Waals surface area contributed by atoms with Crippen molar-refractivity contribution in [2.24, 2.45) is 0 Å². The average Bonchev–Trinajstić information content (AvgIpc) is 2.59. The van der Waals surface area contributed by atoms with Crippen molar-refractivity contribution in [2.45, 2.75) is 20.0 Å². The lowest BCUT2D eigenvalue weighted by molar-refractivity contribution is -0.0282. The molecule has 0 radical (unpaired) electrons. The number of thiazole rings is 1. The molecule has 0 saturated carbocycles. The molecule has 1 aromatic rings. The van der Waals surface area contributed by atoms with Crippen molar-refractivity contribution in [2.75, 3.05) is 32.0 Å². The summed E-state index contributed by atoms with van der Waals surface area (Å²) in [6, 6.07) is 0. The van der Waals surface area contributed by atoms with E-state index in [4.69, 9.17) is 10.5 Å². The van der Waals surface area contributed by atoms with Gasteiger partial charge in [0, 0.05) is 18.0 Å². The maximum atomic E-state index is 5.74. The number of morpholine rings is 1. The van der Waals surface area contributed by atoms with Crippen LogP contribution in [0.5, 0.6) is 0 Å². The van der Waals surface area contributed by atoms with Crippen molar-refractivity contribution < 1.29 is 4.74 Å². The van der Waals surface area contributed by atoms with Gasteiger partial charge < -0.3 is 10.5 Å². The zero-order valence-electron chi connectivity index (χ0n) is 9.19. The summed E-state index contributed by atoms with van der Waals surface area (Å²) >= 11 is 1.65. The highest BCUT2D eigenvalue weighted by Gasteiger charge is 2.24. The molecule has 15 heavy (non-hydrogen) atoms. The molecular weight excluding hydrogens is 210 g/mol. The van der Waals surface area contributed by atoms with Gasteiger partial charge in [0.2, 0.25) is 0 Å². The van der Waals surface area contributed by atoms with Crippen molar-refractivity contribution in [3.05, 3.63) is 9.88 Å². The molecule has 1 aliphatic heterocycles. The standard InChI is InChI=1S/C10H17N3OS/c1-3-13-4-5-14-8(6-13)10-12-9(11)7(2)15-10/h8H,3-6,11H2,1-2H3. The first-order valence-corrected chi connectivity index (χ1v) is 6.09. The van der Waals surface area contributed by atoms with E-state index in [1.54, 1.807) is 11.3 Å². The van der Waals surface area contributed by atoms with Crippen molar-refractivity contribution in [3.63, 3.8) is 0 Å². The Kier molecular flexibility index (Phi) is 3.23. The third-order valence-electron chi connectivity index (χ3n) is 2.72. The SMILES string of the molecule is CCN1CCOC(c2nc(N)c(C)s2)C1. The molecule has 0 spiro atoms. The number of nitrogens with two attached hydrogens (primary N) is 1. The molecular formula is C10H17N3OS. The maximum absolute atomic E-state index is 5.74. The summed E-state index contributed by atoms with van der Waals surface area (Å²) < 4.78 is 5.72. The van der Waals surface area contributed by atoms with Crippen LogP contribution in [0.2, 0.25) is 0 Å². The molecule has 5 heteroatoms. The first-order chi connectivity index (χ1) is 7.20. The summed E-state index contributed by atoms with van der Waals surface area (Å²) in [5.74, 6) is 0.646. The second kappa shape index (κ2) is 4.47. The van der Waals surface area contributed by atoms with Crippen LogP contribution in [-0.2, 0) is 4.74 Å². The number of likely N-dealkylation sites (N-methyl/N-ethyl adjacent to an activating group) is 1. The van der Waals surface area contributed by atoms with Crippen LogP contribution in [0.1, 0.15) is 22.9 Å². The Bertz CT molecular complexity index is 320. The molecule has 0 amide bonds. The van der Waals surface area contributed by atoms with Gasteiger partial charge in [-0.05, 0) is 13.5 Å². The Morgan fingerprint density at radius 1 is 1.67 bits per heavy atom. The van der Waals surface area contributed by atoms with Gasteiger partial charge in [-0.25, -0.2) is 4.98 Å². The zero-order chi connectivity index (χ0) is 10.8.